The molecule has 0 saturated carbocycles. The smallest absolute Gasteiger partial charge is 0.337 e. The van der Waals surface area contributed by atoms with Crippen molar-refractivity contribution in [3.8, 4) is 0 Å². The minimum absolute atomic E-state index is 0.272. The van der Waals surface area contributed by atoms with Gasteiger partial charge in [0.2, 0.25) is 0 Å². The van der Waals surface area contributed by atoms with Crippen molar-refractivity contribution < 1.29 is 14.3 Å². The zero-order valence-electron chi connectivity index (χ0n) is 10.9. The van der Waals surface area contributed by atoms with Crippen LogP contribution in [0.5, 0.6) is 0 Å². The molecule has 0 spiro atoms. The predicted molar refractivity (Wildman–Crippen MR) is 69.6 cm³/mol. The first-order valence-electron chi connectivity index (χ1n) is 6.54. The molecule has 0 aromatic heterocycles. The van der Waals surface area contributed by atoms with E-state index in [1.54, 1.807) is 0 Å². The van der Waals surface area contributed by atoms with Gasteiger partial charge in [0.05, 0.1) is 12.7 Å². The molecule has 0 aliphatic carbocycles. The van der Waals surface area contributed by atoms with Gasteiger partial charge in [-0.05, 0) is 49.3 Å². The highest BCUT2D eigenvalue weighted by molar-refractivity contribution is 5.89. The third-order valence-electron chi connectivity index (χ3n) is 3.56. The fraction of sp³-hybridized carbons (Fsp3) is 0.533. The Morgan fingerprint density at radius 3 is 2.56 bits per heavy atom. The molecule has 2 rings (SSSR count). The second kappa shape index (κ2) is 6.55. The van der Waals surface area contributed by atoms with Gasteiger partial charge in [-0.2, -0.15) is 0 Å². The summed E-state index contributed by atoms with van der Waals surface area (Å²) >= 11 is 0. The molecule has 1 aromatic rings. The fourth-order valence-electron chi connectivity index (χ4n) is 2.33. The molecule has 1 aromatic carbocycles. The number of carbonyl (C=O) groups excluding carboxylic acids is 1. The zero-order chi connectivity index (χ0) is 12.8. The molecule has 1 heterocycles. The van der Waals surface area contributed by atoms with E-state index in [-0.39, 0.29) is 5.97 Å². The van der Waals surface area contributed by atoms with Gasteiger partial charge in [-0.15, -0.1) is 0 Å². The summed E-state index contributed by atoms with van der Waals surface area (Å²) in [6.45, 7) is 1.82. The van der Waals surface area contributed by atoms with Crippen LogP contribution in [0.4, 0.5) is 0 Å². The standard InChI is InChI=1S/C15H20O3/c1-17-15(16)14-6-4-12(5-7-14)2-3-13-8-10-18-11-9-13/h4-7,13H,2-3,8-11H2,1H3. The van der Waals surface area contributed by atoms with Crippen molar-refractivity contribution in [2.75, 3.05) is 20.3 Å². The van der Waals surface area contributed by atoms with Crippen LogP contribution in [0.15, 0.2) is 24.3 Å². The molecule has 18 heavy (non-hydrogen) atoms. The average Bonchev–Trinajstić information content (AvgIpc) is 2.46. The normalized spacial score (nSPS) is 16.5. The maximum Gasteiger partial charge on any atom is 0.337 e. The van der Waals surface area contributed by atoms with Crippen LogP contribution in [-0.4, -0.2) is 26.3 Å². The molecule has 0 N–H and O–H groups in total. The van der Waals surface area contributed by atoms with E-state index in [9.17, 15) is 4.79 Å². The molecular weight excluding hydrogens is 228 g/mol. The summed E-state index contributed by atoms with van der Waals surface area (Å²) in [7, 11) is 1.40. The third kappa shape index (κ3) is 3.57. The number of benzene rings is 1. The molecule has 3 nitrogen and oxygen atoms in total. The fourth-order valence-corrected chi connectivity index (χ4v) is 2.33. The lowest BCUT2D eigenvalue weighted by atomic mass is 9.93. The predicted octanol–water partition coefficient (Wildman–Crippen LogP) is 2.83. The van der Waals surface area contributed by atoms with Gasteiger partial charge in [0.15, 0.2) is 0 Å². The summed E-state index contributed by atoms with van der Waals surface area (Å²) in [5.41, 5.74) is 1.90. The summed E-state index contributed by atoms with van der Waals surface area (Å²) in [6, 6.07) is 7.72. The van der Waals surface area contributed by atoms with Gasteiger partial charge in [-0.1, -0.05) is 12.1 Å². The van der Waals surface area contributed by atoms with Crippen LogP contribution < -0.4 is 0 Å². The summed E-state index contributed by atoms with van der Waals surface area (Å²) in [6.07, 6.45) is 4.65. The van der Waals surface area contributed by atoms with Crippen LogP contribution in [0.2, 0.25) is 0 Å². The average molecular weight is 248 g/mol. The molecule has 1 aliphatic rings. The Morgan fingerprint density at radius 2 is 1.94 bits per heavy atom. The van der Waals surface area contributed by atoms with E-state index < -0.39 is 0 Å². The first kappa shape index (κ1) is 13.1. The second-order valence-corrected chi connectivity index (χ2v) is 4.78. The molecule has 1 fully saturated rings. The van der Waals surface area contributed by atoms with Crippen molar-refractivity contribution in [3.05, 3.63) is 35.4 Å². The van der Waals surface area contributed by atoms with Gasteiger partial charge in [-0.25, -0.2) is 4.79 Å². The van der Waals surface area contributed by atoms with E-state index in [1.165, 1.54) is 31.9 Å². The monoisotopic (exact) mass is 248 g/mol. The van der Waals surface area contributed by atoms with Crippen molar-refractivity contribution in [2.45, 2.75) is 25.7 Å². The van der Waals surface area contributed by atoms with E-state index >= 15 is 0 Å². The Labute approximate surface area is 108 Å². The van der Waals surface area contributed by atoms with Gasteiger partial charge >= 0.3 is 5.97 Å². The molecule has 3 heteroatoms. The summed E-state index contributed by atoms with van der Waals surface area (Å²) in [5.74, 6) is 0.519. The highest BCUT2D eigenvalue weighted by Crippen LogP contribution is 2.20. The Hall–Kier alpha value is -1.35. The summed E-state index contributed by atoms with van der Waals surface area (Å²) in [4.78, 5) is 11.3. The summed E-state index contributed by atoms with van der Waals surface area (Å²) < 4.78 is 10.0. The summed E-state index contributed by atoms with van der Waals surface area (Å²) in [5, 5.41) is 0. The number of methoxy groups -OCH3 is 1. The third-order valence-corrected chi connectivity index (χ3v) is 3.56. The van der Waals surface area contributed by atoms with Crippen molar-refractivity contribution in [3.63, 3.8) is 0 Å². The largest absolute Gasteiger partial charge is 0.465 e. The van der Waals surface area contributed by atoms with Crippen molar-refractivity contribution in [1.29, 1.82) is 0 Å². The minimum Gasteiger partial charge on any atom is -0.465 e. The zero-order valence-corrected chi connectivity index (χ0v) is 10.9. The number of rotatable bonds is 4. The maximum absolute atomic E-state index is 11.3. The SMILES string of the molecule is COC(=O)c1ccc(CCC2CCOCC2)cc1. The molecule has 0 atom stereocenters. The van der Waals surface area contributed by atoms with Crippen molar-refractivity contribution in [2.24, 2.45) is 5.92 Å². The number of ether oxygens (including phenoxy) is 2. The first-order chi connectivity index (χ1) is 8.79. The molecule has 0 radical (unpaired) electrons. The van der Waals surface area contributed by atoms with Gasteiger partial charge < -0.3 is 9.47 Å². The van der Waals surface area contributed by atoms with Gasteiger partial charge in [-0.3, -0.25) is 0 Å². The van der Waals surface area contributed by atoms with Crippen LogP contribution >= 0.6 is 0 Å². The molecule has 0 unspecified atom stereocenters. The van der Waals surface area contributed by atoms with Crippen molar-refractivity contribution in [1.82, 2.24) is 0 Å². The quantitative estimate of drug-likeness (QED) is 0.769. The first-order valence-corrected chi connectivity index (χ1v) is 6.54. The highest BCUT2D eigenvalue weighted by atomic mass is 16.5. The van der Waals surface area contributed by atoms with Crippen LogP contribution in [0.1, 0.15) is 35.2 Å². The Balaban J connectivity index is 1.84. The van der Waals surface area contributed by atoms with Crippen LogP contribution in [0, 0.1) is 5.92 Å². The molecule has 98 valence electrons. The molecule has 1 saturated heterocycles. The van der Waals surface area contributed by atoms with Crippen LogP contribution in [0.25, 0.3) is 0 Å². The number of hydrogen-bond donors (Lipinski definition) is 0. The number of carbonyl (C=O) groups is 1. The van der Waals surface area contributed by atoms with Crippen LogP contribution in [0.3, 0.4) is 0 Å². The minimum atomic E-state index is -0.272. The lowest BCUT2D eigenvalue weighted by Crippen LogP contribution is -2.16. The van der Waals surface area contributed by atoms with Gasteiger partial charge in [0.1, 0.15) is 0 Å². The molecular formula is C15H20O3. The van der Waals surface area contributed by atoms with E-state index in [0.29, 0.717) is 5.56 Å². The van der Waals surface area contributed by atoms with E-state index in [0.717, 1.165) is 25.6 Å². The van der Waals surface area contributed by atoms with E-state index in [2.05, 4.69) is 4.74 Å². The van der Waals surface area contributed by atoms with Gasteiger partial charge in [0.25, 0.3) is 0 Å². The Kier molecular flexibility index (Phi) is 4.76. The second-order valence-electron chi connectivity index (χ2n) is 4.78. The Morgan fingerprint density at radius 1 is 1.28 bits per heavy atom. The number of esters is 1. The lowest BCUT2D eigenvalue weighted by Gasteiger charge is -2.21. The topological polar surface area (TPSA) is 35.5 Å². The molecule has 0 amide bonds. The van der Waals surface area contributed by atoms with Crippen molar-refractivity contribution >= 4 is 5.97 Å². The molecule has 1 aliphatic heterocycles. The number of aryl methyl sites for hydroxylation is 1. The lowest BCUT2D eigenvalue weighted by molar-refractivity contribution is 0.0600. The molecule has 0 bridgehead atoms. The Bertz CT molecular complexity index is 377. The van der Waals surface area contributed by atoms with E-state index in [1.807, 2.05) is 24.3 Å². The number of hydrogen-bond acceptors (Lipinski definition) is 3. The maximum atomic E-state index is 11.3. The van der Waals surface area contributed by atoms with E-state index in [4.69, 9.17) is 4.74 Å². The van der Waals surface area contributed by atoms with Crippen LogP contribution in [-0.2, 0) is 15.9 Å². The van der Waals surface area contributed by atoms with Gasteiger partial charge in [0, 0.05) is 13.2 Å². The highest BCUT2D eigenvalue weighted by Gasteiger charge is 2.13.